The molecule has 1 saturated heterocycles. The van der Waals surface area contributed by atoms with E-state index in [0.717, 1.165) is 10.8 Å². The van der Waals surface area contributed by atoms with Crippen LogP contribution in [0, 0.1) is 6.92 Å². The third-order valence-electron chi connectivity index (χ3n) is 3.97. The molecule has 2 unspecified atom stereocenters. The number of rotatable bonds is 8. The van der Waals surface area contributed by atoms with Crippen LogP contribution in [0.1, 0.15) is 18.2 Å². The van der Waals surface area contributed by atoms with Crippen molar-refractivity contribution in [3.05, 3.63) is 32.6 Å². The minimum absolute atomic E-state index is 0.144. The lowest BCUT2D eigenvalue weighted by atomic mass is 10.2. The Morgan fingerprint density at radius 1 is 1.32 bits per heavy atom. The number of aliphatic hydroxyl groups is 1. The van der Waals surface area contributed by atoms with E-state index in [4.69, 9.17) is 26.1 Å². The molecule has 1 aliphatic heterocycles. The fourth-order valence-electron chi connectivity index (χ4n) is 2.38. The molecule has 178 valence electrons. The second kappa shape index (κ2) is 8.90. The summed E-state index contributed by atoms with van der Waals surface area (Å²) in [5, 5.41) is 10.0. The van der Waals surface area contributed by atoms with Gasteiger partial charge in [0.05, 0.1) is 12.7 Å². The average Bonchev–Trinajstić information content (AvgIpc) is 2.95. The molecule has 6 atom stereocenters. The number of phosphoric acid groups is 1. The number of hydrogen-bond acceptors (Lipinski definition) is 9. The molecule has 1 aliphatic rings. The molecule has 0 radical (unpaired) electrons. The van der Waals surface area contributed by atoms with E-state index in [1.165, 1.54) is 6.92 Å². The number of alkyl halides is 2. The van der Waals surface area contributed by atoms with Crippen LogP contribution >= 0.6 is 34.6 Å². The van der Waals surface area contributed by atoms with Gasteiger partial charge in [-0.05, 0) is 6.92 Å². The van der Waals surface area contributed by atoms with Gasteiger partial charge in [0.15, 0.2) is 0 Å². The summed E-state index contributed by atoms with van der Waals surface area (Å²) >= 11 is 4.71. The van der Waals surface area contributed by atoms with Crippen molar-refractivity contribution in [1.82, 2.24) is 9.55 Å². The molecule has 0 spiro atoms. The minimum Gasteiger partial charge on any atom is -0.390 e. The van der Waals surface area contributed by atoms with Crippen molar-refractivity contribution in [3.8, 4) is 0 Å². The van der Waals surface area contributed by atoms with Crippen LogP contribution in [0.5, 0.6) is 0 Å². The lowest BCUT2D eigenvalue weighted by Gasteiger charge is -2.25. The van der Waals surface area contributed by atoms with Gasteiger partial charge >= 0.3 is 33.3 Å². The number of aromatic amines is 1. The molecule has 20 heteroatoms. The molecule has 6 N–H and O–H groups in total. The van der Waals surface area contributed by atoms with E-state index in [0.29, 0.717) is 0 Å². The Bertz CT molecular complexity index is 1100. The molecule has 0 amide bonds. The number of halogens is 2. The zero-order valence-corrected chi connectivity index (χ0v) is 18.7. The number of aryl methyl sites for hydroxylation is 1. The van der Waals surface area contributed by atoms with Crippen LogP contribution in [0.15, 0.2) is 15.8 Å². The number of nitrogens with zero attached hydrogens (tertiary/aromatic N) is 1. The van der Waals surface area contributed by atoms with Crippen molar-refractivity contribution in [3.63, 3.8) is 0 Å². The van der Waals surface area contributed by atoms with Gasteiger partial charge in [-0.15, -0.1) is 0 Å². The summed E-state index contributed by atoms with van der Waals surface area (Å²) in [6.07, 6.45) is -3.02. The Hall–Kier alpha value is -0.730. The SMILES string of the molecule is Cc1cn([C@H]2C[C@H](O)[C@@H](COP(=O)(O)OP(=O)(O)[C@@](F)(Cl)P(=O)(O)O)O2)c(=O)[nH]c1=O. The molecule has 0 aromatic carbocycles. The number of nitrogens with one attached hydrogen (secondary N) is 1. The lowest BCUT2D eigenvalue weighted by Crippen LogP contribution is -2.33. The number of ether oxygens (including phenoxy) is 1. The largest absolute Gasteiger partial charge is 0.479 e. The molecule has 0 bridgehead atoms. The van der Waals surface area contributed by atoms with Gasteiger partial charge in [-0.1, -0.05) is 11.6 Å². The Labute approximate surface area is 176 Å². The van der Waals surface area contributed by atoms with Gasteiger partial charge in [0.2, 0.25) is 0 Å². The summed E-state index contributed by atoms with van der Waals surface area (Å²) < 4.78 is 57.7. The molecule has 15 nitrogen and oxygen atoms in total. The topological polar surface area (TPSA) is 235 Å². The van der Waals surface area contributed by atoms with Crippen molar-refractivity contribution >= 4 is 34.6 Å². The van der Waals surface area contributed by atoms with E-state index in [2.05, 4.69) is 8.83 Å². The normalized spacial score (nSPS) is 27.9. The van der Waals surface area contributed by atoms with Crippen LogP contribution in [0.4, 0.5) is 4.39 Å². The van der Waals surface area contributed by atoms with Crippen molar-refractivity contribution in [1.29, 1.82) is 0 Å². The van der Waals surface area contributed by atoms with E-state index in [9.17, 15) is 42.6 Å². The fraction of sp³-hybridized carbons (Fsp3) is 0.636. The van der Waals surface area contributed by atoms with Crippen molar-refractivity contribution < 1.29 is 56.3 Å². The first-order valence-corrected chi connectivity index (χ1v) is 13.0. The van der Waals surface area contributed by atoms with Gasteiger partial charge in [0, 0.05) is 18.2 Å². The molecule has 0 saturated carbocycles. The number of hydrogen-bond donors (Lipinski definition) is 6. The summed E-state index contributed by atoms with van der Waals surface area (Å²) in [4.78, 5) is 61.5. The average molecular weight is 533 g/mol. The quantitative estimate of drug-likeness (QED) is 0.188. The lowest BCUT2D eigenvalue weighted by molar-refractivity contribution is -0.0449. The maximum Gasteiger partial charge on any atom is 0.479 e. The van der Waals surface area contributed by atoms with E-state index >= 15 is 0 Å². The molecule has 2 rings (SSSR count). The second-order valence-corrected chi connectivity index (χ2v) is 12.9. The first-order valence-electron chi connectivity index (χ1n) is 7.98. The van der Waals surface area contributed by atoms with Crippen LogP contribution in [-0.4, -0.2) is 57.7 Å². The van der Waals surface area contributed by atoms with Crippen LogP contribution in [0.2, 0.25) is 0 Å². The maximum atomic E-state index is 13.8. The fourth-order valence-corrected chi connectivity index (χ4v) is 6.34. The Kier molecular flexibility index (Phi) is 7.61. The highest BCUT2D eigenvalue weighted by molar-refractivity contribution is 7.78. The van der Waals surface area contributed by atoms with Gasteiger partial charge < -0.3 is 29.4 Å². The maximum absolute atomic E-state index is 13.8. The van der Waals surface area contributed by atoms with E-state index < -0.39 is 63.9 Å². The van der Waals surface area contributed by atoms with Crippen LogP contribution < -0.4 is 11.2 Å². The molecule has 31 heavy (non-hydrogen) atoms. The third-order valence-corrected chi connectivity index (χ3v) is 10.4. The van der Waals surface area contributed by atoms with Gasteiger partial charge in [-0.25, -0.2) is 13.7 Å². The van der Waals surface area contributed by atoms with Crippen LogP contribution in [0.3, 0.4) is 0 Å². The molecular formula is C11H17ClFN2O13P3. The highest BCUT2D eigenvalue weighted by Crippen LogP contribution is 2.78. The standard InChI is InChI=1S/C11H17ClFN2O13P3/c1-5-3-15(10(18)14-9(5)17)8-2-6(16)7(27-8)4-26-31(24,25)28-30(22,23)11(12,13)29(19,20)21/h3,6-8,16H,2,4H2,1H3,(H,22,23)(H,24,25)(H,14,17,18)(H2,19,20,21)/t6-,7+,8+,11+/m0/s1. The van der Waals surface area contributed by atoms with Gasteiger partial charge in [0.1, 0.15) is 12.3 Å². The van der Waals surface area contributed by atoms with Crippen LogP contribution in [0.25, 0.3) is 0 Å². The van der Waals surface area contributed by atoms with E-state index in [-0.39, 0.29) is 12.0 Å². The number of H-pyrrole nitrogens is 1. The smallest absolute Gasteiger partial charge is 0.390 e. The Morgan fingerprint density at radius 3 is 2.45 bits per heavy atom. The summed E-state index contributed by atoms with van der Waals surface area (Å²) in [5.74, 6) is 0. The first-order chi connectivity index (χ1) is 13.9. The minimum atomic E-state index is -6.28. The van der Waals surface area contributed by atoms with E-state index in [1.807, 2.05) is 4.98 Å². The van der Waals surface area contributed by atoms with Gasteiger partial charge in [-0.3, -0.25) is 28.0 Å². The molecule has 1 aromatic rings. The van der Waals surface area contributed by atoms with Gasteiger partial charge in [0.25, 0.3) is 5.56 Å². The number of aliphatic hydroxyl groups excluding tert-OH is 1. The number of phosphoric ester groups is 1. The molecule has 1 fully saturated rings. The predicted molar refractivity (Wildman–Crippen MR) is 99.0 cm³/mol. The van der Waals surface area contributed by atoms with Crippen molar-refractivity contribution in [2.75, 3.05) is 6.61 Å². The molecular weight excluding hydrogens is 515 g/mol. The van der Waals surface area contributed by atoms with Gasteiger partial charge in [-0.2, -0.15) is 4.39 Å². The highest BCUT2D eigenvalue weighted by Gasteiger charge is 2.64. The predicted octanol–water partition coefficient (Wildman–Crippen LogP) is -0.190. The summed E-state index contributed by atoms with van der Waals surface area (Å²) in [6, 6.07) is 0. The molecule has 2 heterocycles. The summed E-state index contributed by atoms with van der Waals surface area (Å²) in [7, 11) is -18.1. The summed E-state index contributed by atoms with van der Waals surface area (Å²) in [5.41, 5.74) is -1.37. The van der Waals surface area contributed by atoms with E-state index in [1.54, 1.807) is 0 Å². The first kappa shape index (κ1) is 26.5. The number of aromatic nitrogens is 2. The van der Waals surface area contributed by atoms with Crippen molar-refractivity contribution in [2.45, 2.75) is 36.4 Å². The molecule has 0 aliphatic carbocycles. The zero-order valence-electron chi connectivity index (χ0n) is 15.3. The Morgan fingerprint density at radius 2 is 1.90 bits per heavy atom. The summed E-state index contributed by atoms with van der Waals surface area (Å²) in [6.45, 7) is 0.396. The monoisotopic (exact) mass is 532 g/mol. The van der Waals surface area contributed by atoms with Crippen molar-refractivity contribution in [2.24, 2.45) is 0 Å². The molecule has 1 aromatic heterocycles. The third kappa shape index (κ3) is 5.80. The van der Waals surface area contributed by atoms with Crippen LogP contribution in [-0.2, 0) is 27.3 Å². The zero-order chi connectivity index (χ0) is 24.0. The highest BCUT2D eigenvalue weighted by atomic mass is 35.5. The Balaban J connectivity index is 2.09. The second-order valence-electron chi connectivity index (χ2n) is 6.33.